The maximum atomic E-state index is 4.05. The Kier molecular flexibility index (Phi) is 6.85. The normalized spacial score (nSPS) is 10.7. The van der Waals surface area contributed by atoms with Gasteiger partial charge in [0.25, 0.3) is 0 Å². The standard InChI is InChI=1S/C26H26Si/c1-2-22-27(25-18-10-4-11-19-25,26-20-12-5-13-21-26)23-14-6-9-17-24-15-7-3-8-16-24/h2-5,7-8,10-13,15-16,18-21H,1,6,9,17,22H2. The minimum atomic E-state index is -2.16. The summed E-state index contributed by atoms with van der Waals surface area (Å²) in [5.41, 5.74) is 5.16. The molecule has 0 aliphatic rings. The molecule has 1 heteroatoms. The fourth-order valence-electron chi connectivity index (χ4n) is 3.50. The Morgan fingerprint density at radius 2 is 1.26 bits per heavy atom. The number of benzene rings is 3. The third-order valence-electron chi connectivity index (χ3n) is 4.90. The van der Waals surface area contributed by atoms with Crippen molar-refractivity contribution >= 4 is 18.4 Å². The summed E-state index contributed by atoms with van der Waals surface area (Å²) in [5.74, 6) is 3.54. The Hall–Kier alpha value is -2.82. The number of allylic oxidation sites excluding steroid dienone is 1. The number of aryl methyl sites for hydroxylation is 1. The SMILES string of the molecule is C=CC[Si](C#CCCCc1ccccc1)(c1ccccc1)c1ccccc1. The summed E-state index contributed by atoms with van der Waals surface area (Å²) in [6, 6.07) is 33.2. The molecule has 0 radical (unpaired) electrons. The van der Waals surface area contributed by atoms with E-state index >= 15 is 0 Å². The van der Waals surface area contributed by atoms with Gasteiger partial charge >= 0.3 is 0 Å². The van der Waals surface area contributed by atoms with E-state index in [9.17, 15) is 0 Å². The first-order valence-electron chi connectivity index (χ1n) is 9.61. The van der Waals surface area contributed by atoms with E-state index < -0.39 is 8.07 Å². The highest BCUT2D eigenvalue weighted by atomic mass is 28.3. The fourth-order valence-corrected chi connectivity index (χ4v) is 7.08. The topological polar surface area (TPSA) is 0 Å². The zero-order valence-electron chi connectivity index (χ0n) is 15.8. The van der Waals surface area contributed by atoms with Gasteiger partial charge in [0, 0.05) is 6.42 Å². The average molecular weight is 367 g/mol. The Labute approximate surface area is 164 Å². The van der Waals surface area contributed by atoms with Crippen molar-refractivity contribution in [2.75, 3.05) is 0 Å². The van der Waals surface area contributed by atoms with E-state index in [2.05, 4.69) is 109 Å². The minimum Gasteiger partial charge on any atom is -0.120 e. The lowest BCUT2D eigenvalue weighted by Crippen LogP contribution is -2.57. The highest BCUT2D eigenvalue weighted by molar-refractivity contribution is 7.08. The molecular formula is C26H26Si. The lowest BCUT2D eigenvalue weighted by atomic mass is 10.1. The van der Waals surface area contributed by atoms with Gasteiger partial charge in [0.05, 0.1) is 0 Å². The van der Waals surface area contributed by atoms with Gasteiger partial charge in [0.2, 0.25) is 8.07 Å². The fraction of sp³-hybridized carbons (Fsp3) is 0.154. The van der Waals surface area contributed by atoms with E-state index in [1.165, 1.54) is 15.9 Å². The molecule has 3 aromatic rings. The summed E-state index contributed by atoms with van der Waals surface area (Å²) in [5, 5.41) is 2.73. The molecule has 0 aromatic heterocycles. The van der Waals surface area contributed by atoms with E-state index in [-0.39, 0.29) is 0 Å². The van der Waals surface area contributed by atoms with E-state index in [1.54, 1.807) is 0 Å². The molecule has 0 nitrogen and oxygen atoms in total. The molecule has 0 unspecified atom stereocenters. The first-order chi connectivity index (χ1) is 13.3. The quantitative estimate of drug-likeness (QED) is 0.239. The molecule has 134 valence electrons. The molecule has 0 amide bonds. The first kappa shape index (κ1) is 19.0. The van der Waals surface area contributed by atoms with Crippen LogP contribution < -0.4 is 10.4 Å². The van der Waals surface area contributed by atoms with Gasteiger partial charge in [-0.25, -0.2) is 0 Å². The third-order valence-corrected chi connectivity index (χ3v) is 9.04. The molecule has 0 aliphatic carbocycles. The van der Waals surface area contributed by atoms with Crippen LogP contribution in [0.3, 0.4) is 0 Å². The molecule has 0 N–H and O–H groups in total. The average Bonchev–Trinajstić information content (AvgIpc) is 2.75. The molecular weight excluding hydrogens is 340 g/mol. The van der Waals surface area contributed by atoms with Gasteiger partial charge in [0.1, 0.15) is 0 Å². The minimum absolute atomic E-state index is 0.931. The van der Waals surface area contributed by atoms with Crippen molar-refractivity contribution in [2.24, 2.45) is 0 Å². The number of unbranched alkanes of at least 4 members (excludes halogenated alkanes) is 1. The van der Waals surface area contributed by atoms with Crippen LogP contribution in [-0.2, 0) is 6.42 Å². The van der Waals surface area contributed by atoms with Crippen LogP contribution in [-0.4, -0.2) is 8.07 Å². The molecule has 3 rings (SSSR count). The molecule has 27 heavy (non-hydrogen) atoms. The maximum absolute atomic E-state index is 4.05. The molecule has 0 heterocycles. The lowest BCUT2D eigenvalue weighted by Gasteiger charge is -2.26. The number of hydrogen-bond acceptors (Lipinski definition) is 0. The van der Waals surface area contributed by atoms with Crippen LogP contribution in [0.2, 0.25) is 6.04 Å². The van der Waals surface area contributed by atoms with Crippen molar-refractivity contribution < 1.29 is 0 Å². The molecule has 0 saturated carbocycles. The van der Waals surface area contributed by atoms with Crippen LogP contribution in [0, 0.1) is 11.5 Å². The van der Waals surface area contributed by atoms with Crippen molar-refractivity contribution in [3.63, 3.8) is 0 Å². The largest absolute Gasteiger partial charge is 0.202 e. The van der Waals surface area contributed by atoms with Gasteiger partial charge in [-0.05, 0) is 34.8 Å². The van der Waals surface area contributed by atoms with Gasteiger partial charge in [-0.2, -0.15) is 0 Å². The summed E-state index contributed by atoms with van der Waals surface area (Å²) in [7, 11) is -2.16. The lowest BCUT2D eigenvalue weighted by molar-refractivity contribution is 0.858. The second-order valence-electron chi connectivity index (χ2n) is 6.77. The van der Waals surface area contributed by atoms with E-state index in [0.717, 1.165) is 25.3 Å². The van der Waals surface area contributed by atoms with Crippen molar-refractivity contribution in [3.8, 4) is 11.5 Å². The van der Waals surface area contributed by atoms with Crippen LogP contribution in [0.15, 0.2) is 104 Å². The van der Waals surface area contributed by atoms with Crippen LogP contribution in [0.25, 0.3) is 0 Å². The molecule has 0 fully saturated rings. The van der Waals surface area contributed by atoms with Gasteiger partial charge in [-0.15, -0.1) is 18.0 Å². The summed E-state index contributed by atoms with van der Waals surface area (Å²) < 4.78 is 0. The number of hydrogen-bond donors (Lipinski definition) is 0. The van der Waals surface area contributed by atoms with Crippen LogP contribution in [0.5, 0.6) is 0 Å². The molecule has 0 aliphatic heterocycles. The zero-order valence-corrected chi connectivity index (χ0v) is 16.8. The van der Waals surface area contributed by atoms with Gasteiger partial charge in [-0.1, -0.05) is 97.1 Å². The highest BCUT2D eigenvalue weighted by Crippen LogP contribution is 2.12. The summed E-state index contributed by atoms with van der Waals surface area (Å²) in [6.07, 6.45) is 5.16. The summed E-state index contributed by atoms with van der Waals surface area (Å²) >= 11 is 0. The Bertz CT molecular complexity index is 847. The predicted octanol–water partition coefficient (Wildman–Crippen LogP) is 5.00. The van der Waals surface area contributed by atoms with Gasteiger partial charge in [0.15, 0.2) is 0 Å². The third kappa shape index (κ3) is 4.87. The molecule has 0 saturated heterocycles. The van der Waals surface area contributed by atoms with E-state index in [1.807, 2.05) is 6.08 Å². The van der Waals surface area contributed by atoms with Crippen LogP contribution in [0.1, 0.15) is 18.4 Å². The molecule has 0 spiro atoms. The molecule has 0 atom stereocenters. The van der Waals surface area contributed by atoms with E-state index in [0.29, 0.717) is 0 Å². The second kappa shape index (κ2) is 9.76. The van der Waals surface area contributed by atoms with Crippen molar-refractivity contribution in [3.05, 3.63) is 109 Å². The van der Waals surface area contributed by atoms with Crippen molar-refractivity contribution in [1.82, 2.24) is 0 Å². The Morgan fingerprint density at radius 1 is 0.741 bits per heavy atom. The van der Waals surface area contributed by atoms with Gasteiger partial charge < -0.3 is 0 Å². The maximum Gasteiger partial charge on any atom is 0.202 e. The second-order valence-corrected chi connectivity index (χ2v) is 10.4. The highest BCUT2D eigenvalue weighted by Gasteiger charge is 2.34. The first-order valence-corrected chi connectivity index (χ1v) is 11.8. The van der Waals surface area contributed by atoms with Crippen LogP contribution in [0.4, 0.5) is 0 Å². The van der Waals surface area contributed by atoms with E-state index in [4.69, 9.17) is 0 Å². The smallest absolute Gasteiger partial charge is 0.120 e. The van der Waals surface area contributed by atoms with Gasteiger partial charge in [-0.3, -0.25) is 0 Å². The summed E-state index contributed by atoms with van der Waals surface area (Å²) in [4.78, 5) is 0. The van der Waals surface area contributed by atoms with Crippen LogP contribution >= 0.6 is 0 Å². The Morgan fingerprint density at radius 3 is 1.78 bits per heavy atom. The monoisotopic (exact) mass is 366 g/mol. The van der Waals surface area contributed by atoms with Crippen molar-refractivity contribution in [1.29, 1.82) is 0 Å². The zero-order chi connectivity index (χ0) is 18.8. The predicted molar refractivity (Wildman–Crippen MR) is 120 cm³/mol. The van der Waals surface area contributed by atoms with Crippen molar-refractivity contribution in [2.45, 2.75) is 25.3 Å². The number of rotatable bonds is 7. The Balaban J connectivity index is 1.85. The molecule has 0 bridgehead atoms. The summed E-state index contributed by atoms with van der Waals surface area (Å²) in [6.45, 7) is 4.05. The molecule has 3 aromatic carbocycles.